The predicted molar refractivity (Wildman–Crippen MR) is 99.5 cm³/mol. The van der Waals surface area contributed by atoms with Gasteiger partial charge in [-0.25, -0.2) is 8.42 Å². The first kappa shape index (κ1) is 19.3. The summed E-state index contributed by atoms with van der Waals surface area (Å²) in [5.41, 5.74) is 2.62. The molecule has 26 heavy (non-hydrogen) atoms. The van der Waals surface area contributed by atoms with Gasteiger partial charge in [0.2, 0.25) is 15.9 Å². The van der Waals surface area contributed by atoms with Gasteiger partial charge in [-0.1, -0.05) is 17.7 Å². The average Bonchev–Trinajstić information content (AvgIpc) is 2.61. The summed E-state index contributed by atoms with van der Waals surface area (Å²) in [5.74, 6) is 0.168. The number of piperazine rings is 1. The maximum atomic E-state index is 13.1. The lowest BCUT2D eigenvalue weighted by molar-refractivity contribution is -0.139. The largest absolute Gasteiger partial charge is 0.381 e. The van der Waals surface area contributed by atoms with Gasteiger partial charge in [0, 0.05) is 45.3 Å². The minimum absolute atomic E-state index is 0.0218. The fourth-order valence-corrected chi connectivity index (χ4v) is 5.89. The number of carbonyl (C=O) groups is 1. The Balaban J connectivity index is 1.70. The van der Waals surface area contributed by atoms with E-state index in [4.69, 9.17) is 4.74 Å². The summed E-state index contributed by atoms with van der Waals surface area (Å²) >= 11 is 0. The molecular weight excluding hydrogens is 352 g/mol. The second kappa shape index (κ2) is 7.66. The van der Waals surface area contributed by atoms with Crippen molar-refractivity contribution in [1.29, 1.82) is 0 Å². The van der Waals surface area contributed by atoms with Crippen LogP contribution in [-0.2, 0) is 19.6 Å². The number of aryl methyl sites for hydroxylation is 3. The molecule has 0 bridgehead atoms. The quantitative estimate of drug-likeness (QED) is 0.803. The summed E-state index contributed by atoms with van der Waals surface area (Å²) in [6.45, 7) is 8.55. The molecule has 2 aliphatic rings. The number of sulfonamides is 1. The lowest BCUT2D eigenvalue weighted by Crippen LogP contribution is -2.52. The Morgan fingerprint density at radius 2 is 1.54 bits per heavy atom. The minimum atomic E-state index is -3.54. The number of ether oxygens (including phenoxy) is 1. The van der Waals surface area contributed by atoms with Crippen molar-refractivity contribution in [3.63, 3.8) is 0 Å². The summed E-state index contributed by atoms with van der Waals surface area (Å²) < 4.78 is 33.1. The molecule has 6 nitrogen and oxygen atoms in total. The minimum Gasteiger partial charge on any atom is -0.381 e. The van der Waals surface area contributed by atoms with Crippen molar-refractivity contribution in [2.45, 2.75) is 38.5 Å². The van der Waals surface area contributed by atoms with Gasteiger partial charge in [-0.05, 0) is 44.7 Å². The van der Waals surface area contributed by atoms with Gasteiger partial charge in [-0.3, -0.25) is 4.79 Å². The molecule has 0 saturated carbocycles. The summed E-state index contributed by atoms with van der Waals surface area (Å²) in [5, 5.41) is 0. The van der Waals surface area contributed by atoms with Gasteiger partial charge in [0.15, 0.2) is 0 Å². The monoisotopic (exact) mass is 380 g/mol. The molecule has 0 aromatic heterocycles. The second-order valence-corrected chi connectivity index (χ2v) is 9.22. The van der Waals surface area contributed by atoms with Gasteiger partial charge in [0.05, 0.1) is 4.90 Å². The van der Waals surface area contributed by atoms with Crippen LogP contribution in [0.25, 0.3) is 0 Å². The maximum absolute atomic E-state index is 13.1. The number of amides is 1. The highest BCUT2D eigenvalue weighted by molar-refractivity contribution is 7.89. The van der Waals surface area contributed by atoms with Gasteiger partial charge in [0.1, 0.15) is 0 Å². The molecule has 3 rings (SSSR count). The second-order valence-electron chi connectivity index (χ2n) is 7.34. The molecule has 0 aliphatic carbocycles. The van der Waals surface area contributed by atoms with Gasteiger partial charge in [0.25, 0.3) is 0 Å². The van der Waals surface area contributed by atoms with Crippen molar-refractivity contribution < 1.29 is 17.9 Å². The molecule has 7 heteroatoms. The van der Waals surface area contributed by atoms with E-state index in [1.165, 1.54) is 4.31 Å². The number of hydrogen-bond acceptors (Lipinski definition) is 4. The third-order valence-corrected chi connectivity index (χ3v) is 7.53. The highest BCUT2D eigenvalue weighted by Crippen LogP contribution is 2.26. The number of rotatable bonds is 3. The molecular formula is C19H28N2O4S. The molecule has 1 amide bonds. The summed E-state index contributed by atoms with van der Waals surface area (Å²) in [6, 6.07) is 3.82. The number of carbonyl (C=O) groups excluding carboxylic acids is 1. The first-order valence-electron chi connectivity index (χ1n) is 9.25. The third-order valence-electron chi connectivity index (χ3n) is 5.32. The molecule has 0 unspecified atom stereocenters. The zero-order chi connectivity index (χ0) is 18.9. The molecule has 2 saturated heterocycles. The molecule has 2 fully saturated rings. The maximum Gasteiger partial charge on any atom is 0.243 e. The van der Waals surface area contributed by atoms with Crippen LogP contribution in [0.4, 0.5) is 0 Å². The normalized spacial score (nSPS) is 20.3. The first-order chi connectivity index (χ1) is 12.3. The fourth-order valence-electron chi connectivity index (χ4n) is 4.05. The smallest absolute Gasteiger partial charge is 0.243 e. The van der Waals surface area contributed by atoms with Crippen LogP contribution in [0.5, 0.6) is 0 Å². The van der Waals surface area contributed by atoms with E-state index in [1.807, 2.05) is 37.8 Å². The molecule has 0 radical (unpaired) electrons. The Morgan fingerprint density at radius 1 is 1.00 bits per heavy atom. The van der Waals surface area contributed by atoms with Gasteiger partial charge >= 0.3 is 0 Å². The topological polar surface area (TPSA) is 66.9 Å². The third kappa shape index (κ3) is 3.80. The Labute approximate surface area is 156 Å². The van der Waals surface area contributed by atoms with Crippen LogP contribution in [0.2, 0.25) is 0 Å². The molecule has 2 heterocycles. The molecule has 0 atom stereocenters. The Morgan fingerprint density at radius 3 is 2.08 bits per heavy atom. The van der Waals surface area contributed by atoms with Crippen molar-refractivity contribution in [3.05, 3.63) is 28.8 Å². The van der Waals surface area contributed by atoms with Crippen molar-refractivity contribution in [2.24, 2.45) is 5.92 Å². The van der Waals surface area contributed by atoms with Crippen LogP contribution in [-0.4, -0.2) is 62.9 Å². The number of benzene rings is 1. The summed E-state index contributed by atoms with van der Waals surface area (Å²) in [7, 11) is -3.54. The van der Waals surface area contributed by atoms with Gasteiger partial charge < -0.3 is 9.64 Å². The van der Waals surface area contributed by atoms with Crippen LogP contribution in [0, 0.1) is 26.7 Å². The Kier molecular flexibility index (Phi) is 5.69. The highest BCUT2D eigenvalue weighted by atomic mass is 32.2. The molecule has 2 aliphatic heterocycles. The van der Waals surface area contributed by atoms with E-state index in [2.05, 4.69) is 0 Å². The van der Waals surface area contributed by atoms with Crippen LogP contribution in [0.1, 0.15) is 29.5 Å². The predicted octanol–water partition coefficient (Wildman–Crippen LogP) is 1.87. The zero-order valence-corrected chi connectivity index (χ0v) is 16.6. The van der Waals surface area contributed by atoms with Gasteiger partial charge in [-0.2, -0.15) is 4.31 Å². The van der Waals surface area contributed by atoms with Crippen LogP contribution in [0.3, 0.4) is 0 Å². The van der Waals surface area contributed by atoms with Crippen molar-refractivity contribution in [3.8, 4) is 0 Å². The van der Waals surface area contributed by atoms with E-state index >= 15 is 0 Å². The number of hydrogen-bond donors (Lipinski definition) is 0. The van der Waals surface area contributed by atoms with E-state index in [9.17, 15) is 13.2 Å². The van der Waals surface area contributed by atoms with Crippen LogP contribution >= 0.6 is 0 Å². The van der Waals surface area contributed by atoms with E-state index in [1.54, 1.807) is 0 Å². The molecule has 1 aromatic carbocycles. The van der Waals surface area contributed by atoms with Gasteiger partial charge in [-0.15, -0.1) is 0 Å². The molecule has 0 spiro atoms. The molecule has 1 aromatic rings. The van der Waals surface area contributed by atoms with Crippen LogP contribution in [0.15, 0.2) is 17.0 Å². The summed E-state index contributed by atoms with van der Waals surface area (Å²) in [6.07, 6.45) is 1.53. The lowest BCUT2D eigenvalue weighted by Gasteiger charge is -2.36. The SMILES string of the molecule is Cc1cc(C)c(S(=O)(=O)N2CCN(C(=O)C3CCOCC3)CC2)c(C)c1. The highest BCUT2D eigenvalue weighted by Gasteiger charge is 2.34. The van der Waals surface area contributed by atoms with E-state index in [-0.39, 0.29) is 11.8 Å². The fraction of sp³-hybridized carbons (Fsp3) is 0.632. The van der Waals surface area contributed by atoms with Crippen molar-refractivity contribution in [2.75, 3.05) is 39.4 Å². The zero-order valence-electron chi connectivity index (χ0n) is 15.8. The van der Waals surface area contributed by atoms with Crippen molar-refractivity contribution in [1.82, 2.24) is 9.21 Å². The Bertz CT molecular complexity index is 754. The summed E-state index contributed by atoms with van der Waals surface area (Å²) in [4.78, 5) is 14.9. The van der Waals surface area contributed by atoms with E-state index in [0.717, 1.165) is 29.5 Å². The number of nitrogens with zero attached hydrogens (tertiary/aromatic N) is 2. The first-order valence-corrected chi connectivity index (χ1v) is 10.7. The Hall–Kier alpha value is -1.44. The van der Waals surface area contributed by atoms with Crippen LogP contribution < -0.4 is 0 Å². The van der Waals surface area contributed by atoms with E-state index < -0.39 is 10.0 Å². The average molecular weight is 381 g/mol. The van der Waals surface area contributed by atoms with E-state index in [0.29, 0.717) is 44.3 Å². The lowest BCUT2D eigenvalue weighted by atomic mass is 9.98. The van der Waals surface area contributed by atoms with Crippen molar-refractivity contribution >= 4 is 15.9 Å². The molecule has 144 valence electrons. The molecule has 0 N–H and O–H groups in total. The standard InChI is InChI=1S/C19H28N2O4S/c1-14-12-15(2)18(16(3)13-14)26(23,24)21-8-6-20(7-9-21)19(22)17-4-10-25-11-5-17/h12-13,17H,4-11H2,1-3H3.